The zero-order chi connectivity index (χ0) is 47.9. The maximum absolute atomic E-state index is 12.3. The molecule has 0 bridgehead atoms. The number of carbonyl (C=O) groups is 1. The Bertz CT molecular complexity index is 1380. The molecule has 0 saturated heterocycles. The van der Waals surface area contributed by atoms with E-state index >= 15 is 0 Å². The fourth-order valence-electron chi connectivity index (χ4n) is 7.40. The average Bonchev–Trinajstić information content (AvgIpc) is 3.68. The van der Waals surface area contributed by atoms with Gasteiger partial charge >= 0.3 is 6.09 Å². The summed E-state index contributed by atoms with van der Waals surface area (Å²) in [5, 5.41) is 2.81. The lowest BCUT2D eigenvalue weighted by molar-refractivity contribution is -0.0283. The number of ether oxygens (including phenoxy) is 13. The van der Waals surface area contributed by atoms with Crippen LogP contribution in [-0.2, 0) is 61.6 Å². The van der Waals surface area contributed by atoms with Gasteiger partial charge in [0.05, 0.1) is 145 Å². The first kappa shape index (κ1) is 59.5. The minimum absolute atomic E-state index is 0.0480. The van der Waals surface area contributed by atoms with Crippen LogP contribution in [0.1, 0.15) is 101 Å². The lowest BCUT2D eigenvalue weighted by Gasteiger charge is -2.14. The van der Waals surface area contributed by atoms with Crippen LogP contribution in [0.5, 0.6) is 0 Å². The molecule has 2 aromatic rings. The van der Waals surface area contributed by atoms with Crippen LogP contribution < -0.4 is 5.32 Å². The Morgan fingerprint density at radius 1 is 0.368 bits per heavy atom. The smallest absolute Gasteiger partial charge is 0.407 e. The summed E-state index contributed by atoms with van der Waals surface area (Å²) in [4.78, 5) is 12.3. The van der Waals surface area contributed by atoms with Gasteiger partial charge in [-0.25, -0.2) is 4.79 Å². The molecule has 0 spiro atoms. The van der Waals surface area contributed by atoms with Gasteiger partial charge < -0.3 is 66.9 Å². The van der Waals surface area contributed by atoms with Crippen molar-refractivity contribution in [2.45, 2.75) is 89.9 Å². The van der Waals surface area contributed by atoms with Crippen molar-refractivity contribution in [3.05, 3.63) is 59.7 Å². The highest BCUT2D eigenvalue weighted by atomic mass is 16.6. The number of unbranched alkanes of at least 4 members (excludes halogenated alkanes) is 10. The van der Waals surface area contributed by atoms with Crippen molar-refractivity contribution in [1.29, 1.82) is 0 Å². The van der Waals surface area contributed by atoms with E-state index in [1.165, 1.54) is 86.5 Å². The van der Waals surface area contributed by atoms with Gasteiger partial charge in [0.25, 0.3) is 0 Å². The summed E-state index contributed by atoms with van der Waals surface area (Å²) in [5.41, 5.74) is 4.81. The van der Waals surface area contributed by atoms with Gasteiger partial charge in [-0.15, -0.1) is 0 Å². The van der Waals surface area contributed by atoms with Gasteiger partial charge in [0, 0.05) is 25.7 Å². The van der Waals surface area contributed by atoms with Crippen molar-refractivity contribution in [3.63, 3.8) is 0 Å². The summed E-state index contributed by atoms with van der Waals surface area (Å²) in [6.45, 7) is 15.8. The Balaban J connectivity index is 0.892. The normalized spacial score (nSPS) is 12.2. The van der Waals surface area contributed by atoms with Crippen molar-refractivity contribution in [2.75, 3.05) is 172 Å². The number of benzene rings is 2. The molecule has 390 valence electrons. The van der Waals surface area contributed by atoms with Crippen molar-refractivity contribution in [1.82, 2.24) is 5.32 Å². The summed E-state index contributed by atoms with van der Waals surface area (Å²) in [5.74, 6) is 0.0480. The van der Waals surface area contributed by atoms with E-state index in [9.17, 15) is 4.79 Å². The highest BCUT2D eigenvalue weighted by Crippen LogP contribution is 2.44. The van der Waals surface area contributed by atoms with Crippen LogP contribution in [0.4, 0.5) is 4.79 Å². The summed E-state index contributed by atoms with van der Waals surface area (Å²) in [6.07, 6.45) is 15.1. The Morgan fingerprint density at radius 3 is 0.985 bits per heavy atom. The molecular weight excluding hydrogens is 875 g/mol. The maximum Gasteiger partial charge on any atom is 0.407 e. The predicted molar refractivity (Wildman–Crippen MR) is 264 cm³/mol. The molecule has 1 aliphatic rings. The number of hydrogen-bond donors (Lipinski definition) is 1. The fourth-order valence-corrected chi connectivity index (χ4v) is 7.40. The van der Waals surface area contributed by atoms with Crippen LogP contribution in [-0.4, -0.2) is 178 Å². The van der Waals surface area contributed by atoms with E-state index in [-0.39, 0.29) is 5.92 Å². The third-order valence-corrected chi connectivity index (χ3v) is 11.1. The van der Waals surface area contributed by atoms with Crippen LogP contribution in [0, 0.1) is 0 Å². The van der Waals surface area contributed by atoms with Crippen LogP contribution in [0.3, 0.4) is 0 Å². The number of nitrogens with one attached hydrogen (secondary N) is 1. The number of fused-ring (bicyclic) bond motifs is 3. The molecule has 15 nitrogen and oxygen atoms in total. The molecule has 0 radical (unpaired) electrons. The van der Waals surface area contributed by atoms with Crippen LogP contribution in [0.2, 0.25) is 0 Å². The van der Waals surface area contributed by atoms with Crippen LogP contribution >= 0.6 is 0 Å². The van der Waals surface area contributed by atoms with Crippen molar-refractivity contribution in [3.8, 4) is 11.1 Å². The minimum atomic E-state index is -0.415. The van der Waals surface area contributed by atoms with E-state index in [0.29, 0.717) is 172 Å². The quantitative estimate of drug-likeness (QED) is 0.0633. The fraction of sp³-hybridized carbons (Fsp3) is 0.755. The molecule has 0 aromatic heterocycles. The largest absolute Gasteiger partial charge is 0.449 e. The minimum Gasteiger partial charge on any atom is -0.449 e. The van der Waals surface area contributed by atoms with E-state index in [0.717, 1.165) is 13.0 Å². The monoisotopic (exact) mass is 964 g/mol. The molecule has 1 N–H and O–H groups in total. The van der Waals surface area contributed by atoms with E-state index in [1.807, 2.05) is 24.3 Å². The Morgan fingerprint density at radius 2 is 0.647 bits per heavy atom. The summed E-state index contributed by atoms with van der Waals surface area (Å²) < 4.78 is 72.3. The Kier molecular flexibility index (Phi) is 39.7. The molecule has 0 fully saturated rings. The van der Waals surface area contributed by atoms with Crippen LogP contribution in [0.25, 0.3) is 11.1 Å². The highest BCUT2D eigenvalue weighted by Gasteiger charge is 2.29. The van der Waals surface area contributed by atoms with Gasteiger partial charge in [0.1, 0.15) is 6.61 Å². The zero-order valence-electron chi connectivity index (χ0n) is 41.8. The molecule has 0 unspecified atom stereocenters. The molecule has 2 aromatic carbocycles. The lowest BCUT2D eigenvalue weighted by Crippen LogP contribution is -2.27. The first-order chi connectivity index (χ1) is 33.8. The van der Waals surface area contributed by atoms with Crippen LogP contribution in [0.15, 0.2) is 48.5 Å². The molecule has 1 amide bonds. The third kappa shape index (κ3) is 32.2. The molecule has 15 heteroatoms. The maximum atomic E-state index is 12.3. The second kappa shape index (κ2) is 45.4. The third-order valence-electron chi connectivity index (χ3n) is 11.1. The number of amides is 1. The van der Waals surface area contributed by atoms with Gasteiger partial charge in [-0.1, -0.05) is 120 Å². The SMILES string of the molecule is CCCCCCCCCCCCCOCCOCCOCCOCCOCCOCCOCCOCCOCCOCCOCCOCCCNC(=O)OCC1c2ccccc2-c2ccccc21. The van der Waals surface area contributed by atoms with Gasteiger partial charge in [0.2, 0.25) is 0 Å². The first-order valence-corrected chi connectivity index (χ1v) is 25.8. The van der Waals surface area contributed by atoms with E-state index < -0.39 is 6.09 Å². The predicted octanol–water partition coefficient (Wildman–Crippen LogP) is 8.43. The molecule has 1 aliphatic carbocycles. The van der Waals surface area contributed by atoms with Gasteiger partial charge in [-0.05, 0) is 35.1 Å². The molecule has 0 saturated carbocycles. The lowest BCUT2D eigenvalue weighted by atomic mass is 9.98. The van der Waals surface area contributed by atoms with Gasteiger partial charge in [-0.2, -0.15) is 0 Å². The standard InChI is InChI=1S/C53H89NO14/c1-2-3-4-5-6-7-8-9-10-11-16-23-56-25-27-58-29-31-60-33-35-62-37-39-64-41-43-66-45-46-67-44-42-65-40-38-63-36-34-61-32-30-59-28-26-57-24-17-22-54-53(55)68-47-52-50-20-14-12-18-48(50)49-19-13-15-21-51(49)52/h12-15,18-21,52H,2-11,16-17,22-47H2,1H3,(H,54,55). The number of rotatable bonds is 51. The van der Waals surface area contributed by atoms with E-state index in [2.05, 4.69) is 36.5 Å². The Labute approximate surface area is 409 Å². The summed E-state index contributed by atoms with van der Waals surface area (Å²) in [7, 11) is 0. The first-order valence-electron chi connectivity index (χ1n) is 25.8. The van der Waals surface area contributed by atoms with E-state index in [1.54, 1.807) is 0 Å². The molecule has 0 aliphatic heterocycles. The number of carbonyl (C=O) groups excluding carboxylic acids is 1. The molecule has 0 atom stereocenters. The second-order valence-electron chi connectivity index (χ2n) is 16.5. The molecule has 68 heavy (non-hydrogen) atoms. The van der Waals surface area contributed by atoms with Crippen molar-refractivity contribution >= 4 is 6.09 Å². The number of hydrogen-bond acceptors (Lipinski definition) is 14. The zero-order valence-corrected chi connectivity index (χ0v) is 41.8. The summed E-state index contributed by atoms with van der Waals surface area (Å²) >= 11 is 0. The highest BCUT2D eigenvalue weighted by molar-refractivity contribution is 5.79. The topological polar surface area (TPSA) is 149 Å². The van der Waals surface area contributed by atoms with E-state index in [4.69, 9.17) is 61.6 Å². The van der Waals surface area contributed by atoms with Crippen molar-refractivity contribution < 1.29 is 66.4 Å². The molecular formula is C53H89NO14. The average molecular weight is 964 g/mol. The summed E-state index contributed by atoms with van der Waals surface area (Å²) in [6, 6.07) is 16.6. The van der Waals surface area contributed by atoms with Gasteiger partial charge in [0.15, 0.2) is 0 Å². The van der Waals surface area contributed by atoms with Crippen molar-refractivity contribution in [2.24, 2.45) is 0 Å². The second-order valence-corrected chi connectivity index (χ2v) is 16.5. The molecule has 3 rings (SSSR count). The number of alkyl carbamates (subject to hydrolysis) is 1. The Hall–Kier alpha value is -2.77. The van der Waals surface area contributed by atoms with Gasteiger partial charge in [-0.3, -0.25) is 0 Å². The molecule has 0 heterocycles.